The van der Waals surface area contributed by atoms with Gasteiger partial charge < -0.3 is 15.0 Å². The normalized spacial score (nSPS) is 15.4. The van der Waals surface area contributed by atoms with Crippen LogP contribution in [0.5, 0.6) is 0 Å². The minimum absolute atomic E-state index is 0.321. The highest BCUT2D eigenvalue weighted by molar-refractivity contribution is 5.48. The molecule has 1 N–H and O–H groups in total. The summed E-state index contributed by atoms with van der Waals surface area (Å²) in [4.78, 5) is 2.47. The number of nitrogens with one attached hydrogen (secondary N) is 1. The third-order valence-electron chi connectivity index (χ3n) is 3.47. The van der Waals surface area contributed by atoms with Gasteiger partial charge in [0.2, 0.25) is 0 Å². The first-order chi connectivity index (χ1) is 9.25. The third-order valence-corrected chi connectivity index (χ3v) is 3.47. The Morgan fingerprint density at radius 1 is 1.16 bits per heavy atom. The number of hydrogen-bond acceptors (Lipinski definition) is 3. The summed E-state index contributed by atoms with van der Waals surface area (Å²) in [5, 5.41) is 3.41. The molecule has 0 unspecified atom stereocenters. The molecule has 1 aromatic rings. The molecule has 1 aliphatic rings. The predicted molar refractivity (Wildman–Crippen MR) is 80.7 cm³/mol. The molecule has 0 bridgehead atoms. The zero-order valence-corrected chi connectivity index (χ0v) is 12.2. The molecule has 3 nitrogen and oxygen atoms in total. The van der Waals surface area contributed by atoms with Crippen molar-refractivity contribution in [3.63, 3.8) is 0 Å². The molecule has 1 saturated heterocycles. The maximum absolute atomic E-state index is 5.50. The second kappa shape index (κ2) is 7.51. The number of hydrogen-bond donors (Lipinski definition) is 1. The molecule has 0 aliphatic carbocycles. The van der Waals surface area contributed by atoms with Crippen molar-refractivity contribution in [1.29, 1.82) is 0 Å². The van der Waals surface area contributed by atoms with Gasteiger partial charge in [0.25, 0.3) is 0 Å². The maximum atomic E-state index is 5.50. The molecule has 1 heterocycles. The maximum Gasteiger partial charge on any atom is 0.0594 e. The Labute approximate surface area is 116 Å². The highest BCUT2D eigenvalue weighted by atomic mass is 16.5. The SMILES string of the molecule is CC(C)OCCNCc1ccc(N2CCCC2)cc1. The van der Waals surface area contributed by atoms with Crippen LogP contribution < -0.4 is 10.2 Å². The zero-order chi connectivity index (χ0) is 13.5. The molecule has 0 spiro atoms. The summed E-state index contributed by atoms with van der Waals surface area (Å²) in [5.41, 5.74) is 2.71. The highest BCUT2D eigenvalue weighted by Gasteiger charge is 2.11. The predicted octanol–water partition coefficient (Wildman–Crippen LogP) is 2.80. The minimum Gasteiger partial charge on any atom is -0.377 e. The lowest BCUT2D eigenvalue weighted by Crippen LogP contribution is -2.21. The Hall–Kier alpha value is -1.06. The summed E-state index contributed by atoms with van der Waals surface area (Å²) >= 11 is 0. The zero-order valence-electron chi connectivity index (χ0n) is 12.2. The van der Waals surface area contributed by atoms with Crippen LogP contribution in [0.15, 0.2) is 24.3 Å². The van der Waals surface area contributed by atoms with Gasteiger partial charge in [0, 0.05) is 31.9 Å². The van der Waals surface area contributed by atoms with Gasteiger partial charge in [-0.15, -0.1) is 0 Å². The van der Waals surface area contributed by atoms with Crippen molar-refractivity contribution in [3.8, 4) is 0 Å². The summed E-state index contributed by atoms with van der Waals surface area (Å²) in [6.07, 6.45) is 2.99. The van der Waals surface area contributed by atoms with Gasteiger partial charge in [-0.2, -0.15) is 0 Å². The van der Waals surface area contributed by atoms with Crippen LogP contribution >= 0.6 is 0 Å². The van der Waals surface area contributed by atoms with Crippen molar-refractivity contribution < 1.29 is 4.74 Å². The summed E-state index contributed by atoms with van der Waals surface area (Å²) in [6.45, 7) is 9.17. The monoisotopic (exact) mass is 262 g/mol. The van der Waals surface area contributed by atoms with Crippen LogP contribution in [0.4, 0.5) is 5.69 Å². The summed E-state index contributed by atoms with van der Waals surface area (Å²) in [6, 6.07) is 8.94. The molecule has 0 atom stereocenters. The van der Waals surface area contributed by atoms with Crippen molar-refractivity contribution >= 4 is 5.69 Å². The molecule has 0 aromatic heterocycles. The van der Waals surface area contributed by atoms with E-state index in [1.165, 1.54) is 37.2 Å². The Kier molecular flexibility index (Phi) is 5.67. The van der Waals surface area contributed by atoms with E-state index in [-0.39, 0.29) is 0 Å². The fourth-order valence-corrected chi connectivity index (χ4v) is 2.40. The van der Waals surface area contributed by atoms with E-state index in [0.717, 1.165) is 19.7 Å². The van der Waals surface area contributed by atoms with Gasteiger partial charge in [0.05, 0.1) is 12.7 Å². The Morgan fingerprint density at radius 2 is 1.84 bits per heavy atom. The van der Waals surface area contributed by atoms with Crippen LogP contribution in [0.25, 0.3) is 0 Å². The van der Waals surface area contributed by atoms with Crippen molar-refractivity contribution in [3.05, 3.63) is 29.8 Å². The Morgan fingerprint density at radius 3 is 2.47 bits per heavy atom. The van der Waals surface area contributed by atoms with Crippen molar-refractivity contribution in [1.82, 2.24) is 5.32 Å². The van der Waals surface area contributed by atoms with Crippen LogP contribution in [-0.4, -0.2) is 32.3 Å². The van der Waals surface area contributed by atoms with E-state index in [9.17, 15) is 0 Å². The van der Waals surface area contributed by atoms with Gasteiger partial charge in [-0.1, -0.05) is 12.1 Å². The van der Waals surface area contributed by atoms with E-state index in [1.807, 2.05) is 0 Å². The third kappa shape index (κ3) is 4.84. The van der Waals surface area contributed by atoms with Crippen LogP contribution in [-0.2, 0) is 11.3 Å². The highest BCUT2D eigenvalue weighted by Crippen LogP contribution is 2.20. The molecule has 0 radical (unpaired) electrons. The largest absolute Gasteiger partial charge is 0.377 e. The molecule has 1 aromatic carbocycles. The van der Waals surface area contributed by atoms with E-state index in [4.69, 9.17) is 4.74 Å². The fraction of sp³-hybridized carbons (Fsp3) is 0.625. The van der Waals surface area contributed by atoms with Crippen LogP contribution in [0, 0.1) is 0 Å². The van der Waals surface area contributed by atoms with Gasteiger partial charge in [-0.25, -0.2) is 0 Å². The standard InChI is InChI=1S/C16H26N2O/c1-14(2)19-12-9-17-13-15-5-7-16(8-6-15)18-10-3-4-11-18/h5-8,14,17H,3-4,9-13H2,1-2H3. The first-order valence-electron chi connectivity index (χ1n) is 7.42. The molecule has 0 saturated carbocycles. The smallest absolute Gasteiger partial charge is 0.0594 e. The van der Waals surface area contributed by atoms with Gasteiger partial charge in [0.1, 0.15) is 0 Å². The number of nitrogens with zero attached hydrogens (tertiary/aromatic N) is 1. The average molecular weight is 262 g/mol. The molecule has 1 aliphatic heterocycles. The molecule has 2 rings (SSSR count). The summed E-state index contributed by atoms with van der Waals surface area (Å²) < 4.78 is 5.50. The molecular weight excluding hydrogens is 236 g/mol. The van der Waals surface area contributed by atoms with E-state index in [0.29, 0.717) is 6.10 Å². The van der Waals surface area contributed by atoms with Crippen molar-refractivity contribution in [2.24, 2.45) is 0 Å². The lowest BCUT2D eigenvalue weighted by Gasteiger charge is -2.17. The molecular formula is C16H26N2O. The topological polar surface area (TPSA) is 24.5 Å². The van der Waals surface area contributed by atoms with Gasteiger partial charge in [-0.3, -0.25) is 0 Å². The van der Waals surface area contributed by atoms with E-state index < -0.39 is 0 Å². The second-order valence-corrected chi connectivity index (χ2v) is 5.46. The fourth-order valence-electron chi connectivity index (χ4n) is 2.40. The number of rotatable bonds is 7. The Balaban J connectivity index is 1.69. The lowest BCUT2D eigenvalue weighted by molar-refractivity contribution is 0.0807. The summed E-state index contributed by atoms with van der Waals surface area (Å²) in [7, 11) is 0. The van der Waals surface area contributed by atoms with E-state index >= 15 is 0 Å². The molecule has 0 amide bonds. The Bertz CT molecular complexity index is 356. The van der Waals surface area contributed by atoms with E-state index in [1.54, 1.807) is 0 Å². The molecule has 106 valence electrons. The van der Waals surface area contributed by atoms with Gasteiger partial charge >= 0.3 is 0 Å². The molecule has 1 fully saturated rings. The van der Waals surface area contributed by atoms with Gasteiger partial charge in [0.15, 0.2) is 0 Å². The quantitative estimate of drug-likeness (QED) is 0.765. The van der Waals surface area contributed by atoms with E-state index in [2.05, 4.69) is 48.3 Å². The van der Waals surface area contributed by atoms with Crippen molar-refractivity contribution in [2.75, 3.05) is 31.1 Å². The number of ether oxygens (including phenoxy) is 1. The van der Waals surface area contributed by atoms with Crippen LogP contribution in [0.1, 0.15) is 32.3 Å². The first kappa shape index (κ1) is 14.4. The average Bonchev–Trinajstić information content (AvgIpc) is 2.93. The number of anilines is 1. The van der Waals surface area contributed by atoms with Crippen LogP contribution in [0.3, 0.4) is 0 Å². The molecule has 3 heteroatoms. The van der Waals surface area contributed by atoms with Crippen molar-refractivity contribution in [2.45, 2.75) is 39.3 Å². The first-order valence-corrected chi connectivity index (χ1v) is 7.42. The lowest BCUT2D eigenvalue weighted by atomic mass is 10.2. The second-order valence-electron chi connectivity index (χ2n) is 5.46. The van der Waals surface area contributed by atoms with Crippen LogP contribution in [0.2, 0.25) is 0 Å². The molecule has 19 heavy (non-hydrogen) atoms. The number of benzene rings is 1. The minimum atomic E-state index is 0.321. The van der Waals surface area contributed by atoms with Gasteiger partial charge in [-0.05, 0) is 44.4 Å². The summed E-state index contributed by atoms with van der Waals surface area (Å²) in [5.74, 6) is 0.